The summed E-state index contributed by atoms with van der Waals surface area (Å²) in [7, 11) is 0. The van der Waals surface area contributed by atoms with Crippen molar-refractivity contribution in [3.8, 4) is 22.8 Å². The minimum absolute atomic E-state index is 0.0133. The summed E-state index contributed by atoms with van der Waals surface area (Å²) in [4.78, 5) is 27.8. The number of ether oxygens (including phenoxy) is 2. The summed E-state index contributed by atoms with van der Waals surface area (Å²) in [5, 5.41) is 21.0. The fourth-order valence-electron chi connectivity index (χ4n) is 4.07. The maximum absolute atomic E-state index is 12.7. The molecule has 0 saturated carbocycles. The number of nitro groups is 1. The van der Waals surface area contributed by atoms with Gasteiger partial charge in [-0.2, -0.15) is 5.10 Å². The molecule has 1 aromatic heterocycles. The van der Waals surface area contributed by atoms with Crippen LogP contribution in [0.4, 0.5) is 16.5 Å². The molecular weight excluding hydrogens is 646 g/mol. The van der Waals surface area contributed by atoms with Crippen molar-refractivity contribution in [2.45, 2.75) is 13.5 Å². The van der Waals surface area contributed by atoms with Crippen LogP contribution in [0.2, 0.25) is 0 Å². The van der Waals surface area contributed by atoms with Crippen LogP contribution in [-0.4, -0.2) is 28.6 Å². The second-order valence-corrected chi connectivity index (χ2v) is 11.0. The number of rotatable bonds is 12. The number of carbonyl (C=O) groups is 1. The van der Waals surface area contributed by atoms with Gasteiger partial charge in [-0.3, -0.25) is 14.9 Å². The van der Waals surface area contributed by atoms with E-state index in [1.807, 2.05) is 54.8 Å². The van der Waals surface area contributed by atoms with Crippen LogP contribution < -0.4 is 20.2 Å². The molecule has 1 amide bonds. The van der Waals surface area contributed by atoms with Crippen LogP contribution in [0, 0.1) is 10.1 Å². The van der Waals surface area contributed by atoms with E-state index < -0.39 is 4.92 Å². The summed E-state index contributed by atoms with van der Waals surface area (Å²) in [5.74, 6) is 0.607. The maximum atomic E-state index is 12.7. The fourth-order valence-corrected chi connectivity index (χ4v) is 5.38. The van der Waals surface area contributed by atoms with Crippen molar-refractivity contribution < 1.29 is 19.2 Å². The van der Waals surface area contributed by atoms with Gasteiger partial charge in [-0.15, -0.1) is 11.3 Å². The third-order valence-corrected chi connectivity index (χ3v) is 7.56. The lowest BCUT2D eigenvalue weighted by Gasteiger charge is -2.14. The first-order valence-corrected chi connectivity index (χ1v) is 15.1. The first-order valence-electron chi connectivity index (χ1n) is 13.4. The number of nitro benzene ring substituents is 1. The number of halogens is 1. The van der Waals surface area contributed by atoms with Gasteiger partial charge in [0.05, 0.1) is 27.9 Å². The number of hydrogen-bond acceptors (Lipinski definition) is 9. The van der Waals surface area contributed by atoms with Crippen LogP contribution in [0.25, 0.3) is 11.3 Å². The number of nitrogens with one attached hydrogen (secondary N) is 2. The molecule has 44 heavy (non-hydrogen) atoms. The Morgan fingerprint density at radius 2 is 1.80 bits per heavy atom. The van der Waals surface area contributed by atoms with E-state index in [9.17, 15) is 14.9 Å². The number of non-ortho nitro benzene ring substituents is 1. The summed E-state index contributed by atoms with van der Waals surface area (Å²) in [6.45, 7) is 2.45. The smallest absolute Gasteiger partial charge is 0.271 e. The molecule has 10 nitrogen and oxygen atoms in total. The van der Waals surface area contributed by atoms with Gasteiger partial charge in [-0.25, -0.2) is 10.4 Å². The highest BCUT2D eigenvalue weighted by Crippen LogP contribution is 2.37. The average Bonchev–Trinajstić information content (AvgIpc) is 3.50. The molecular formula is C32H26BrN5O5S. The van der Waals surface area contributed by atoms with Gasteiger partial charge in [-0.05, 0) is 82.5 Å². The van der Waals surface area contributed by atoms with E-state index in [1.165, 1.54) is 29.7 Å². The molecule has 0 aliphatic rings. The van der Waals surface area contributed by atoms with Crippen molar-refractivity contribution in [1.29, 1.82) is 0 Å². The summed E-state index contributed by atoms with van der Waals surface area (Å²) in [5.41, 5.74) is 7.13. The van der Waals surface area contributed by atoms with Gasteiger partial charge >= 0.3 is 0 Å². The normalized spacial score (nSPS) is 10.9. The zero-order chi connectivity index (χ0) is 30.9. The van der Waals surface area contributed by atoms with Crippen molar-refractivity contribution in [2.75, 3.05) is 11.9 Å². The Balaban J connectivity index is 1.19. The van der Waals surface area contributed by atoms with Crippen molar-refractivity contribution >= 4 is 55.9 Å². The highest BCUT2D eigenvalue weighted by atomic mass is 79.9. The first-order chi connectivity index (χ1) is 21.4. The standard InChI is InChI=1S/C32H26BrN5O5S/c1-2-42-29-17-22(16-27(33)30(29)43-19-21-8-14-26(15-9-21)38(40)41)18-34-37-31(39)24-12-10-23(11-13-24)28-20-44-32(36-28)35-25-6-4-3-5-7-25/h3-18,20H,2,19H2,1H3,(H,35,36)(H,37,39)/b34-18-. The topological polar surface area (TPSA) is 128 Å². The Morgan fingerprint density at radius 1 is 1.05 bits per heavy atom. The van der Waals surface area contributed by atoms with Crippen LogP contribution in [0.5, 0.6) is 11.5 Å². The fraction of sp³-hybridized carbons (Fsp3) is 0.0938. The van der Waals surface area contributed by atoms with E-state index in [0.717, 1.165) is 27.6 Å². The largest absolute Gasteiger partial charge is 0.490 e. The Hall–Kier alpha value is -5.07. The van der Waals surface area contributed by atoms with Gasteiger partial charge in [0.15, 0.2) is 16.6 Å². The first kappa shape index (κ1) is 30.4. The molecule has 4 aromatic carbocycles. The lowest BCUT2D eigenvalue weighted by molar-refractivity contribution is -0.384. The zero-order valence-electron chi connectivity index (χ0n) is 23.4. The van der Waals surface area contributed by atoms with Gasteiger partial charge in [0.2, 0.25) is 0 Å². The van der Waals surface area contributed by atoms with E-state index >= 15 is 0 Å². The van der Waals surface area contributed by atoms with Gasteiger partial charge in [0, 0.05) is 34.3 Å². The van der Waals surface area contributed by atoms with E-state index in [1.54, 1.807) is 36.4 Å². The number of benzene rings is 4. The number of carbonyl (C=O) groups excluding carboxylic acids is 1. The third-order valence-electron chi connectivity index (χ3n) is 6.21. The summed E-state index contributed by atoms with van der Waals surface area (Å²) < 4.78 is 12.4. The minimum Gasteiger partial charge on any atom is -0.490 e. The van der Waals surface area contributed by atoms with Crippen LogP contribution in [0.15, 0.2) is 106 Å². The van der Waals surface area contributed by atoms with Crippen molar-refractivity contribution in [3.05, 3.63) is 128 Å². The van der Waals surface area contributed by atoms with Crippen molar-refractivity contribution in [2.24, 2.45) is 5.10 Å². The Bertz CT molecular complexity index is 1780. The van der Waals surface area contributed by atoms with E-state index in [-0.39, 0.29) is 18.2 Å². The predicted octanol–water partition coefficient (Wildman–Crippen LogP) is 7.97. The number of hydrazone groups is 1. The molecule has 2 N–H and O–H groups in total. The van der Waals surface area contributed by atoms with E-state index in [0.29, 0.717) is 33.7 Å². The number of para-hydroxylation sites is 1. The number of hydrogen-bond donors (Lipinski definition) is 2. The predicted molar refractivity (Wildman–Crippen MR) is 175 cm³/mol. The van der Waals surface area contributed by atoms with Crippen LogP contribution in [0.3, 0.4) is 0 Å². The third kappa shape index (κ3) is 7.85. The molecule has 0 radical (unpaired) electrons. The molecule has 0 spiro atoms. The number of amides is 1. The molecule has 222 valence electrons. The lowest BCUT2D eigenvalue weighted by Crippen LogP contribution is -2.17. The molecule has 0 atom stereocenters. The molecule has 12 heteroatoms. The second-order valence-electron chi connectivity index (χ2n) is 9.28. The number of thiazole rings is 1. The number of aromatic nitrogens is 1. The Labute approximate surface area is 265 Å². The monoisotopic (exact) mass is 671 g/mol. The quantitative estimate of drug-likeness (QED) is 0.0782. The molecule has 5 aromatic rings. The summed E-state index contributed by atoms with van der Waals surface area (Å²) in [6, 6.07) is 26.7. The molecule has 0 fully saturated rings. The van der Waals surface area contributed by atoms with Gasteiger partial charge < -0.3 is 14.8 Å². The van der Waals surface area contributed by atoms with E-state index in [2.05, 4.69) is 36.8 Å². The minimum atomic E-state index is -0.447. The molecule has 0 unspecified atom stereocenters. The number of nitrogens with zero attached hydrogens (tertiary/aromatic N) is 3. The number of anilines is 2. The van der Waals surface area contributed by atoms with E-state index in [4.69, 9.17) is 9.47 Å². The molecule has 1 heterocycles. The van der Waals surface area contributed by atoms with Gasteiger partial charge in [-0.1, -0.05) is 30.3 Å². The Kier molecular flexibility index (Phi) is 9.95. The lowest BCUT2D eigenvalue weighted by atomic mass is 10.1. The Morgan fingerprint density at radius 3 is 2.50 bits per heavy atom. The van der Waals surface area contributed by atoms with Crippen molar-refractivity contribution in [1.82, 2.24) is 10.4 Å². The highest BCUT2D eigenvalue weighted by molar-refractivity contribution is 9.10. The van der Waals surface area contributed by atoms with Crippen LogP contribution in [-0.2, 0) is 6.61 Å². The molecule has 0 saturated heterocycles. The molecule has 0 aliphatic heterocycles. The highest BCUT2D eigenvalue weighted by Gasteiger charge is 2.14. The second kappa shape index (κ2) is 14.4. The van der Waals surface area contributed by atoms with Crippen molar-refractivity contribution in [3.63, 3.8) is 0 Å². The van der Waals surface area contributed by atoms with Gasteiger partial charge in [0.1, 0.15) is 6.61 Å². The average molecular weight is 673 g/mol. The van der Waals surface area contributed by atoms with Crippen LogP contribution >= 0.6 is 27.3 Å². The SMILES string of the molecule is CCOc1cc(/C=N\NC(=O)c2ccc(-c3csc(Nc4ccccc4)n3)cc2)cc(Br)c1OCc1ccc([N+](=O)[O-])cc1. The molecule has 0 bridgehead atoms. The van der Waals surface area contributed by atoms with Crippen LogP contribution in [0.1, 0.15) is 28.4 Å². The molecule has 0 aliphatic carbocycles. The molecule has 5 rings (SSSR count). The zero-order valence-corrected chi connectivity index (χ0v) is 25.8. The maximum Gasteiger partial charge on any atom is 0.271 e. The summed E-state index contributed by atoms with van der Waals surface area (Å²) >= 11 is 5.03. The van der Waals surface area contributed by atoms with Gasteiger partial charge in [0.25, 0.3) is 11.6 Å². The summed E-state index contributed by atoms with van der Waals surface area (Å²) in [6.07, 6.45) is 1.51.